The van der Waals surface area contributed by atoms with Gasteiger partial charge in [-0.25, -0.2) is 4.39 Å². The summed E-state index contributed by atoms with van der Waals surface area (Å²) in [6, 6.07) is 7.20. The normalized spacial score (nSPS) is 10.9. The van der Waals surface area contributed by atoms with E-state index < -0.39 is 17.6 Å². The van der Waals surface area contributed by atoms with Crippen molar-refractivity contribution in [2.24, 2.45) is 0 Å². The molecule has 22 heavy (non-hydrogen) atoms. The Morgan fingerprint density at radius 3 is 2.32 bits per heavy atom. The van der Waals surface area contributed by atoms with E-state index in [4.69, 9.17) is 10.00 Å². The molecule has 0 heterocycles. The van der Waals surface area contributed by atoms with Crippen LogP contribution in [-0.4, -0.2) is 6.29 Å². The molecule has 0 saturated heterocycles. The molecule has 0 amide bonds. The highest BCUT2D eigenvalue weighted by Gasteiger charge is 2.31. The first-order valence-electron chi connectivity index (χ1n) is 5.89. The number of rotatable bonds is 3. The zero-order valence-electron chi connectivity index (χ0n) is 10.8. The van der Waals surface area contributed by atoms with Gasteiger partial charge in [0, 0.05) is 5.56 Å². The van der Waals surface area contributed by atoms with Crippen molar-refractivity contribution in [3.8, 4) is 17.6 Å². The van der Waals surface area contributed by atoms with Crippen LogP contribution >= 0.6 is 0 Å². The van der Waals surface area contributed by atoms with E-state index in [2.05, 4.69) is 0 Å². The molecule has 0 radical (unpaired) electrons. The first-order chi connectivity index (χ1) is 10.3. The van der Waals surface area contributed by atoms with Crippen molar-refractivity contribution in [3.05, 3.63) is 58.9 Å². The second-order valence-corrected chi connectivity index (χ2v) is 4.23. The summed E-state index contributed by atoms with van der Waals surface area (Å²) in [6.07, 6.45) is -4.16. The summed E-state index contributed by atoms with van der Waals surface area (Å²) in [5.74, 6) is -1.39. The summed E-state index contributed by atoms with van der Waals surface area (Å²) < 4.78 is 56.5. The molecule has 0 atom stereocenters. The molecule has 2 aromatic rings. The SMILES string of the molecule is N#Cc1cc(C(F)(F)F)ccc1Oc1ccc(C=O)cc1F. The second kappa shape index (κ2) is 5.85. The minimum atomic E-state index is -4.60. The summed E-state index contributed by atoms with van der Waals surface area (Å²) >= 11 is 0. The van der Waals surface area contributed by atoms with Gasteiger partial charge in [-0.05, 0) is 36.4 Å². The average molecular weight is 309 g/mol. The van der Waals surface area contributed by atoms with E-state index >= 15 is 0 Å². The van der Waals surface area contributed by atoms with Crippen molar-refractivity contribution in [1.82, 2.24) is 0 Å². The van der Waals surface area contributed by atoms with Gasteiger partial charge in [-0.1, -0.05) is 0 Å². The second-order valence-electron chi connectivity index (χ2n) is 4.23. The quantitative estimate of drug-likeness (QED) is 0.626. The van der Waals surface area contributed by atoms with E-state index in [1.54, 1.807) is 6.07 Å². The predicted molar refractivity (Wildman–Crippen MR) is 68.0 cm³/mol. The highest BCUT2D eigenvalue weighted by atomic mass is 19.4. The third-order valence-electron chi connectivity index (χ3n) is 2.74. The molecule has 0 unspecified atom stereocenters. The fourth-order valence-electron chi connectivity index (χ4n) is 1.67. The first kappa shape index (κ1) is 15.5. The number of alkyl halides is 3. The predicted octanol–water partition coefficient (Wildman–Crippen LogP) is 4.32. The molecule has 2 rings (SSSR count). The Balaban J connectivity index is 2.38. The molecule has 3 nitrogen and oxygen atoms in total. The third-order valence-corrected chi connectivity index (χ3v) is 2.74. The van der Waals surface area contributed by atoms with Gasteiger partial charge in [0.05, 0.1) is 11.1 Å². The lowest BCUT2D eigenvalue weighted by Crippen LogP contribution is -2.05. The van der Waals surface area contributed by atoms with Gasteiger partial charge in [0.15, 0.2) is 11.6 Å². The van der Waals surface area contributed by atoms with Crippen LogP contribution in [0.1, 0.15) is 21.5 Å². The van der Waals surface area contributed by atoms with Gasteiger partial charge in [0.1, 0.15) is 18.1 Å². The molecule has 0 bridgehead atoms. The van der Waals surface area contributed by atoms with Crippen LogP contribution in [0.15, 0.2) is 36.4 Å². The number of ether oxygens (including phenoxy) is 1. The molecular formula is C15H7F4NO2. The Morgan fingerprint density at radius 1 is 1.09 bits per heavy atom. The van der Waals surface area contributed by atoms with E-state index in [1.807, 2.05) is 0 Å². The average Bonchev–Trinajstić information content (AvgIpc) is 2.48. The van der Waals surface area contributed by atoms with Gasteiger partial charge in [0.2, 0.25) is 0 Å². The number of aldehydes is 1. The largest absolute Gasteiger partial charge is 0.453 e. The number of hydrogen-bond donors (Lipinski definition) is 0. The molecular weight excluding hydrogens is 302 g/mol. The molecule has 0 saturated carbocycles. The standard InChI is InChI=1S/C15H7F4NO2/c16-12-5-9(8-21)1-3-14(12)22-13-4-2-11(15(17,18)19)6-10(13)7-20/h1-6,8H. The van der Waals surface area contributed by atoms with Crippen molar-refractivity contribution in [3.63, 3.8) is 0 Å². The van der Waals surface area contributed by atoms with E-state index in [0.29, 0.717) is 12.4 Å². The van der Waals surface area contributed by atoms with Crippen LogP contribution < -0.4 is 4.74 Å². The van der Waals surface area contributed by atoms with Gasteiger partial charge in [-0.2, -0.15) is 18.4 Å². The van der Waals surface area contributed by atoms with E-state index in [9.17, 15) is 22.4 Å². The monoisotopic (exact) mass is 309 g/mol. The van der Waals surface area contributed by atoms with Crippen molar-refractivity contribution in [1.29, 1.82) is 5.26 Å². The summed E-state index contributed by atoms with van der Waals surface area (Å²) in [6.45, 7) is 0. The lowest BCUT2D eigenvalue weighted by atomic mass is 10.1. The summed E-state index contributed by atoms with van der Waals surface area (Å²) in [5.41, 5.74) is -1.31. The molecule has 112 valence electrons. The number of carbonyl (C=O) groups excluding carboxylic acids is 1. The van der Waals surface area contributed by atoms with Crippen LogP contribution in [0.25, 0.3) is 0 Å². The Hall–Kier alpha value is -2.88. The van der Waals surface area contributed by atoms with E-state index in [0.717, 1.165) is 24.3 Å². The molecule has 0 spiro atoms. The maximum Gasteiger partial charge on any atom is 0.416 e. The van der Waals surface area contributed by atoms with Crippen LogP contribution in [-0.2, 0) is 6.18 Å². The Morgan fingerprint density at radius 2 is 1.77 bits per heavy atom. The zero-order chi connectivity index (χ0) is 16.3. The Labute approximate surface area is 122 Å². The Kier molecular flexibility index (Phi) is 4.13. The lowest BCUT2D eigenvalue weighted by molar-refractivity contribution is -0.137. The molecule has 0 aromatic heterocycles. The smallest absolute Gasteiger partial charge is 0.416 e. The van der Waals surface area contributed by atoms with Crippen LogP contribution in [0.4, 0.5) is 17.6 Å². The zero-order valence-corrected chi connectivity index (χ0v) is 10.8. The molecule has 0 aliphatic heterocycles. The van der Waals surface area contributed by atoms with Crippen molar-refractivity contribution < 1.29 is 27.1 Å². The summed E-state index contributed by atoms with van der Waals surface area (Å²) in [5, 5.41) is 8.90. The van der Waals surface area contributed by atoms with Crippen LogP contribution in [0.5, 0.6) is 11.5 Å². The molecule has 7 heteroatoms. The maximum absolute atomic E-state index is 13.7. The minimum absolute atomic E-state index is 0.0813. The fourth-order valence-corrected chi connectivity index (χ4v) is 1.67. The van der Waals surface area contributed by atoms with Gasteiger partial charge in [-0.3, -0.25) is 4.79 Å². The first-order valence-corrected chi connectivity index (χ1v) is 5.89. The summed E-state index contributed by atoms with van der Waals surface area (Å²) in [7, 11) is 0. The van der Waals surface area contributed by atoms with Crippen LogP contribution in [0.3, 0.4) is 0 Å². The molecule has 0 aliphatic rings. The van der Waals surface area contributed by atoms with Crippen molar-refractivity contribution in [2.75, 3.05) is 0 Å². The fraction of sp³-hybridized carbons (Fsp3) is 0.0667. The van der Waals surface area contributed by atoms with Crippen molar-refractivity contribution >= 4 is 6.29 Å². The third kappa shape index (κ3) is 3.23. The van der Waals surface area contributed by atoms with Crippen molar-refractivity contribution in [2.45, 2.75) is 6.18 Å². The maximum atomic E-state index is 13.7. The number of carbonyl (C=O) groups is 1. The van der Waals surface area contributed by atoms with Crippen LogP contribution in [0, 0.1) is 17.1 Å². The number of halogens is 4. The molecule has 0 aliphatic carbocycles. The number of nitrogens with zero attached hydrogens (tertiary/aromatic N) is 1. The van der Waals surface area contributed by atoms with Crippen LogP contribution in [0.2, 0.25) is 0 Å². The topological polar surface area (TPSA) is 50.1 Å². The summed E-state index contributed by atoms with van der Waals surface area (Å²) in [4.78, 5) is 10.5. The minimum Gasteiger partial charge on any atom is -0.453 e. The number of nitriles is 1. The molecule has 0 fully saturated rings. The van der Waals surface area contributed by atoms with E-state index in [-0.39, 0.29) is 22.6 Å². The number of hydrogen-bond acceptors (Lipinski definition) is 3. The highest BCUT2D eigenvalue weighted by molar-refractivity contribution is 5.75. The van der Waals surface area contributed by atoms with Gasteiger partial charge < -0.3 is 4.74 Å². The number of benzene rings is 2. The van der Waals surface area contributed by atoms with Gasteiger partial charge >= 0.3 is 6.18 Å². The van der Waals surface area contributed by atoms with E-state index in [1.165, 1.54) is 6.07 Å². The highest BCUT2D eigenvalue weighted by Crippen LogP contribution is 2.34. The molecule has 0 N–H and O–H groups in total. The Bertz CT molecular complexity index is 763. The van der Waals surface area contributed by atoms with Gasteiger partial charge in [-0.15, -0.1) is 0 Å². The van der Waals surface area contributed by atoms with Gasteiger partial charge in [0.25, 0.3) is 0 Å². The molecule has 2 aromatic carbocycles. The lowest BCUT2D eigenvalue weighted by Gasteiger charge is -2.11.